The van der Waals surface area contributed by atoms with Gasteiger partial charge in [0.05, 0.1) is 10.9 Å². The molecule has 0 saturated heterocycles. The van der Waals surface area contributed by atoms with E-state index in [1.165, 1.54) is 0 Å². The van der Waals surface area contributed by atoms with Crippen molar-refractivity contribution in [2.24, 2.45) is 0 Å². The van der Waals surface area contributed by atoms with E-state index in [-0.39, 0.29) is 40.5 Å². The maximum absolute atomic E-state index is 12.3. The van der Waals surface area contributed by atoms with E-state index in [1.807, 2.05) is 19.1 Å². The second-order valence-corrected chi connectivity index (χ2v) is 8.83. The smallest absolute Gasteiger partial charge is 0.546 e. The molecule has 0 radical (unpaired) electrons. The minimum absolute atomic E-state index is 0. The van der Waals surface area contributed by atoms with Crippen molar-refractivity contribution in [3.05, 3.63) is 60.2 Å². The first-order valence-electron chi connectivity index (χ1n) is 8.43. The SMILES string of the molecule is CC(CSCCc1ccc(OCC(=O)[O-])cc1)NS(=O)(=O)c1ccccc1.[Na+]. The van der Waals surface area contributed by atoms with Gasteiger partial charge in [0.25, 0.3) is 0 Å². The molecule has 6 nitrogen and oxygen atoms in total. The maximum Gasteiger partial charge on any atom is 1.00 e. The van der Waals surface area contributed by atoms with E-state index >= 15 is 0 Å². The molecule has 0 fully saturated rings. The third-order valence-corrected chi connectivity index (χ3v) is 6.43. The van der Waals surface area contributed by atoms with Crippen molar-refractivity contribution in [3.8, 4) is 5.75 Å². The van der Waals surface area contributed by atoms with Crippen molar-refractivity contribution in [2.75, 3.05) is 18.1 Å². The number of aryl methyl sites for hydroxylation is 1. The van der Waals surface area contributed by atoms with Gasteiger partial charge in [0, 0.05) is 11.8 Å². The Hall–Kier alpha value is -1.03. The average molecular weight is 432 g/mol. The van der Waals surface area contributed by atoms with Gasteiger partial charge in [-0.1, -0.05) is 30.3 Å². The van der Waals surface area contributed by atoms with Crippen LogP contribution in [0.15, 0.2) is 59.5 Å². The average Bonchev–Trinajstić information content (AvgIpc) is 2.65. The topological polar surface area (TPSA) is 95.5 Å². The van der Waals surface area contributed by atoms with Gasteiger partial charge in [0.15, 0.2) is 0 Å². The Labute approximate surface area is 192 Å². The van der Waals surface area contributed by atoms with Crippen molar-refractivity contribution >= 4 is 27.8 Å². The number of benzene rings is 2. The molecule has 2 aromatic carbocycles. The van der Waals surface area contributed by atoms with Gasteiger partial charge in [-0.3, -0.25) is 0 Å². The summed E-state index contributed by atoms with van der Waals surface area (Å²) in [7, 11) is -3.49. The van der Waals surface area contributed by atoms with Crippen LogP contribution in [-0.4, -0.2) is 38.5 Å². The zero-order valence-corrected chi connectivity index (χ0v) is 19.6. The van der Waals surface area contributed by atoms with Gasteiger partial charge in [0.1, 0.15) is 12.4 Å². The van der Waals surface area contributed by atoms with Crippen LogP contribution >= 0.6 is 11.8 Å². The van der Waals surface area contributed by atoms with Crippen LogP contribution in [0.3, 0.4) is 0 Å². The second kappa shape index (κ2) is 12.5. The van der Waals surface area contributed by atoms with Gasteiger partial charge in [-0.25, -0.2) is 13.1 Å². The van der Waals surface area contributed by atoms with Crippen LogP contribution in [0.25, 0.3) is 0 Å². The van der Waals surface area contributed by atoms with E-state index in [2.05, 4.69) is 4.72 Å². The summed E-state index contributed by atoms with van der Waals surface area (Å²) in [5.41, 5.74) is 1.10. The first kappa shape index (κ1) is 25.0. The van der Waals surface area contributed by atoms with Crippen molar-refractivity contribution < 1.29 is 52.6 Å². The normalized spacial score (nSPS) is 12.0. The Morgan fingerprint density at radius 3 is 2.39 bits per heavy atom. The molecule has 0 saturated carbocycles. The molecule has 0 aromatic heterocycles. The van der Waals surface area contributed by atoms with Gasteiger partial charge in [0.2, 0.25) is 10.0 Å². The standard InChI is InChI=1S/C19H23NO5S2.Na/c1-15(20-27(23,24)18-5-3-2-4-6-18)14-26-12-11-16-7-9-17(10-8-16)25-13-19(21)22;/h2-10,15,20H,11-14H2,1H3,(H,21,22);/q;+1/p-1. The number of ether oxygens (including phenoxy) is 1. The zero-order valence-electron chi connectivity index (χ0n) is 16.0. The molecule has 0 bridgehead atoms. The van der Waals surface area contributed by atoms with Gasteiger partial charge >= 0.3 is 29.6 Å². The van der Waals surface area contributed by atoms with Gasteiger partial charge < -0.3 is 14.6 Å². The fourth-order valence-corrected chi connectivity index (χ4v) is 4.66. The molecule has 0 spiro atoms. The molecule has 1 N–H and O–H groups in total. The molecule has 0 aliphatic heterocycles. The van der Waals surface area contributed by atoms with E-state index in [4.69, 9.17) is 4.74 Å². The molecule has 146 valence electrons. The van der Waals surface area contributed by atoms with Crippen LogP contribution < -0.4 is 44.1 Å². The molecule has 9 heteroatoms. The number of hydrogen-bond acceptors (Lipinski definition) is 6. The van der Waals surface area contributed by atoms with Gasteiger partial charge in [-0.2, -0.15) is 11.8 Å². The van der Waals surface area contributed by atoms with E-state index in [1.54, 1.807) is 54.2 Å². The van der Waals surface area contributed by atoms with Crippen LogP contribution in [0, 0.1) is 0 Å². The van der Waals surface area contributed by atoms with Crippen LogP contribution in [0.4, 0.5) is 0 Å². The monoisotopic (exact) mass is 431 g/mol. The van der Waals surface area contributed by atoms with E-state index < -0.39 is 22.6 Å². The number of thioether (sulfide) groups is 1. The van der Waals surface area contributed by atoms with E-state index in [0.717, 1.165) is 17.7 Å². The fourth-order valence-electron chi connectivity index (χ4n) is 2.31. The first-order chi connectivity index (χ1) is 12.9. The predicted octanol–water partition coefficient (Wildman–Crippen LogP) is -1.54. The number of carbonyl (C=O) groups is 1. The molecular formula is C19H22NNaO5S2. The molecule has 0 heterocycles. The summed E-state index contributed by atoms with van der Waals surface area (Å²) in [6.45, 7) is 1.38. The minimum Gasteiger partial charge on any atom is -0.546 e. The van der Waals surface area contributed by atoms with Gasteiger partial charge in [-0.05, 0) is 48.9 Å². The summed E-state index contributed by atoms with van der Waals surface area (Å²) in [5.74, 6) is 0.738. The number of hydrogen-bond donors (Lipinski definition) is 1. The number of sulfonamides is 1. The second-order valence-electron chi connectivity index (χ2n) is 5.96. The number of carboxylic acid groups (broad SMARTS) is 1. The number of rotatable bonds is 11. The van der Waals surface area contributed by atoms with Gasteiger partial charge in [-0.15, -0.1) is 0 Å². The molecule has 1 unspecified atom stereocenters. The summed E-state index contributed by atoms with van der Waals surface area (Å²) in [5, 5.41) is 10.4. The Morgan fingerprint density at radius 1 is 1.14 bits per heavy atom. The fraction of sp³-hybridized carbons (Fsp3) is 0.316. The maximum atomic E-state index is 12.3. The molecule has 0 aliphatic rings. The molecule has 2 aromatic rings. The summed E-state index contributed by atoms with van der Waals surface area (Å²) in [4.78, 5) is 10.6. The van der Waals surface area contributed by atoms with Crippen molar-refractivity contribution in [1.29, 1.82) is 0 Å². The third kappa shape index (κ3) is 8.98. The number of nitrogens with one attached hydrogen (secondary N) is 1. The predicted molar refractivity (Wildman–Crippen MR) is 104 cm³/mol. The van der Waals surface area contributed by atoms with Crippen LogP contribution in [-0.2, 0) is 21.2 Å². The number of aliphatic carboxylic acids is 1. The minimum atomic E-state index is -3.49. The van der Waals surface area contributed by atoms with Crippen LogP contribution in [0.2, 0.25) is 0 Å². The number of carbonyl (C=O) groups excluding carboxylic acids is 1. The number of carboxylic acids is 1. The van der Waals surface area contributed by atoms with Crippen molar-refractivity contribution in [1.82, 2.24) is 4.72 Å². The molecule has 0 aliphatic carbocycles. The third-order valence-electron chi connectivity index (χ3n) is 3.59. The Balaban J connectivity index is 0.00000392. The summed E-state index contributed by atoms with van der Waals surface area (Å²) in [6, 6.07) is 15.3. The molecule has 0 amide bonds. The van der Waals surface area contributed by atoms with E-state index in [9.17, 15) is 18.3 Å². The van der Waals surface area contributed by atoms with Crippen LogP contribution in [0.1, 0.15) is 12.5 Å². The summed E-state index contributed by atoms with van der Waals surface area (Å²) < 4.78 is 32.2. The van der Waals surface area contributed by atoms with E-state index in [0.29, 0.717) is 11.5 Å². The Kier molecular flexibility index (Phi) is 11.2. The zero-order chi connectivity index (χ0) is 19.7. The largest absolute Gasteiger partial charge is 1.00 e. The first-order valence-corrected chi connectivity index (χ1v) is 11.1. The van der Waals surface area contributed by atoms with Crippen LogP contribution in [0.5, 0.6) is 5.75 Å². The van der Waals surface area contributed by atoms with Crippen molar-refractivity contribution in [2.45, 2.75) is 24.3 Å². The summed E-state index contributed by atoms with van der Waals surface area (Å²) >= 11 is 1.67. The molecule has 1 atom stereocenters. The quantitative estimate of drug-likeness (QED) is 0.342. The Morgan fingerprint density at radius 2 is 1.79 bits per heavy atom. The Bertz CT molecular complexity index is 829. The molecule has 2 rings (SSSR count). The van der Waals surface area contributed by atoms with Crippen molar-refractivity contribution in [3.63, 3.8) is 0 Å². The molecule has 28 heavy (non-hydrogen) atoms. The summed E-state index contributed by atoms with van der Waals surface area (Å²) in [6.07, 6.45) is 0.823. The molecular weight excluding hydrogens is 409 g/mol.